The molecule has 5 heteroatoms. The summed E-state index contributed by atoms with van der Waals surface area (Å²) in [5.74, 6) is 0.951. The van der Waals surface area contributed by atoms with Crippen LogP contribution < -0.4 is 4.74 Å². The zero-order chi connectivity index (χ0) is 21.7. The molecule has 0 spiro atoms. The van der Waals surface area contributed by atoms with Crippen LogP contribution in [0.5, 0.6) is 11.6 Å². The Labute approximate surface area is 183 Å². The number of rotatable bonds is 3. The second-order valence-electron chi connectivity index (χ2n) is 7.64. The van der Waals surface area contributed by atoms with Gasteiger partial charge in [-0.25, -0.2) is 4.98 Å². The second-order valence-corrected chi connectivity index (χ2v) is 7.64. The summed E-state index contributed by atoms with van der Waals surface area (Å²) in [4.78, 5) is 9.16. The lowest BCUT2D eigenvalue weighted by molar-refractivity contribution is 0.397. The second kappa shape index (κ2) is 7.10. The Morgan fingerprint density at radius 1 is 0.750 bits per heavy atom. The van der Waals surface area contributed by atoms with E-state index in [1.807, 2.05) is 30.3 Å². The predicted molar refractivity (Wildman–Crippen MR) is 126 cm³/mol. The molecule has 0 saturated carbocycles. The van der Waals surface area contributed by atoms with Gasteiger partial charge in [-0.3, -0.25) is 0 Å². The van der Waals surface area contributed by atoms with Crippen LogP contribution in [0.15, 0.2) is 89.3 Å². The first-order valence-corrected chi connectivity index (χ1v) is 10.3. The van der Waals surface area contributed by atoms with Crippen LogP contribution in [0.1, 0.15) is 0 Å². The third-order valence-electron chi connectivity index (χ3n) is 5.69. The topological polar surface area (TPSA) is 68.4 Å². The van der Waals surface area contributed by atoms with E-state index in [0.29, 0.717) is 23.0 Å². The fourth-order valence-corrected chi connectivity index (χ4v) is 4.08. The molecule has 0 bridgehead atoms. The molecule has 1 N–H and O–H groups in total. The maximum atomic E-state index is 10.3. The van der Waals surface area contributed by atoms with Crippen LogP contribution >= 0.6 is 0 Å². The lowest BCUT2D eigenvalue weighted by atomic mass is 10.0. The average Bonchev–Trinajstić information content (AvgIpc) is 3.19. The zero-order valence-corrected chi connectivity index (χ0v) is 17.2. The number of para-hydroxylation sites is 1. The first-order valence-electron chi connectivity index (χ1n) is 10.3. The first kappa shape index (κ1) is 18.4. The Bertz CT molecular complexity index is 1640. The number of nitrogens with zero attached hydrogens (tertiary/aromatic N) is 2. The van der Waals surface area contributed by atoms with Crippen molar-refractivity contribution >= 4 is 32.7 Å². The minimum atomic E-state index is 0.120. The van der Waals surface area contributed by atoms with E-state index in [1.165, 1.54) is 5.39 Å². The predicted octanol–water partition coefficient (Wildman–Crippen LogP) is 6.58. The van der Waals surface area contributed by atoms with Crippen LogP contribution in [-0.4, -0.2) is 22.2 Å². The van der Waals surface area contributed by atoms with Gasteiger partial charge in [0.25, 0.3) is 0 Å². The Balaban J connectivity index is 1.56. The molecule has 6 aromatic rings. The minimum Gasteiger partial charge on any atom is -0.507 e. The Kier molecular flexibility index (Phi) is 4.08. The molecule has 2 heterocycles. The number of benzene rings is 4. The summed E-state index contributed by atoms with van der Waals surface area (Å²) in [6, 6.07) is 27.3. The van der Waals surface area contributed by atoms with Crippen molar-refractivity contribution in [2.75, 3.05) is 7.11 Å². The van der Waals surface area contributed by atoms with Crippen LogP contribution in [0.3, 0.4) is 0 Å². The maximum Gasteiger partial charge on any atom is 0.217 e. The third kappa shape index (κ3) is 2.94. The fourth-order valence-electron chi connectivity index (χ4n) is 4.08. The molecule has 0 radical (unpaired) electrons. The van der Waals surface area contributed by atoms with Crippen LogP contribution in [-0.2, 0) is 0 Å². The van der Waals surface area contributed by atoms with Crippen LogP contribution in [0.4, 0.5) is 0 Å². The molecule has 0 atom stereocenters. The number of aromatic nitrogens is 2. The Hall–Kier alpha value is -4.38. The number of ether oxygens (including phenoxy) is 1. The van der Waals surface area contributed by atoms with Gasteiger partial charge in [-0.1, -0.05) is 36.4 Å². The molecule has 32 heavy (non-hydrogen) atoms. The number of hydrogen-bond donors (Lipinski definition) is 1. The van der Waals surface area contributed by atoms with Crippen molar-refractivity contribution in [3.63, 3.8) is 0 Å². The van der Waals surface area contributed by atoms with Gasteiger partial charge in [-0.15, -0.1) is 0 Å². The molecule has 0 saturated heterocycles. The summed E-state index contributed by atoms with van der Waals surface area (Å²) in [6.07, 6.45) is 0. The van der Waals surface area contributed by atoms with E-state index in [0.717, 1.165) is 32.9 Å². The first-order chi connectivity index (χ1) is 15.7. The number of phenolic OH excluding ortho intramolecular Hbond substituents is 1. The van der Waals surface area contributed by atoms with E-state index < -0.39 is 0 Å². The van der Waals surface area contributed by atoms with Crippen molar-refractivity contribution in [2.45, 2.75) is 0 Å². The normalized spacial score (nSPS) is 11.4. The largest absolute Gasteiger partial charge is 0.507 e. The Morgan fingerprint density at radius 2 is 1.50 bits per heavy atom. The van der Waals surface area contributed by atoms with Crippen molar-refractivity contribution in [1.29, 1.82) is 0 Å². The fraction of sp³-hybridized carbons (Fsp3) is 0.0370. The average molecular weight is 418 g/mol. The van der Waals surface area contributed by atoms with Gasteiger partial charge in [0.15, 0.2) is 5.82 Å². The number of methoxy groups -OCH3 is 1. The molecule has 2 aromatic heterocycles. The van der Waals surface area contributed by atoms with E-state index in [9.17, 15) is 5.11 Å². The molecule has 0 fully saturated rings. The lowest BCUT2D eigenvalue weighted by Gasteiger charge is -2.09. The molecule has 0 aliphatic carbocycles. The molecule has 4 aromatic carbocycles. The van der Waals surface area contributed by atoms with Crippen molar-refractivity contribution in [3.05, 3.63) is 84.9 Å². The number of furan rings is 1. The van der Waals surface area contributed by atoms with Crippen molar-refractivity contribution in [2.24, 2.45) is 0 Å². The maximum absolute atomic E-state index is 10.3. The Morgan fingerprint density at radius 3 is 2.31 bits per heavy atom. The number of hydrogen-bond acceptors (Lipinski definition) is 5. The van der Waals surface area contributed by atoms with Gasteiger partial charge in [0.05, 0.1) is 18.4 Å². The third-order valence-corrected chi connectivity index (χ3v) is 5.69. The van der Waals surface area contributed by atoms with Crippen molar-refractivity contribution in [1.82, 2.24) is 9.97 Å². The van der Waals surface area contributed by atoms with Crippen molar-refractivity contribution < 1.29 is 14.3 Å². The number of phenols is 1. The highest BCUT2D eigenvalue weighted by molar-refractivity contribution is 6.10. The van der Waals surface area contributed by atoms with Gasteiger partial charge < -0.3 is 14.3 Å². The van der Waals surface area contributed by atoms with E-state index in [-0.39, 0.29) is 5.75 Å². The molecule has 0 amide bonds. The summed E-state index contributed by atoms with van der Waals surface area (Å²) in [7, 11) is 1.57. The molecule has 5 nitrogen and oxygen atoms in total. The summed E-state index contributed by atoms with van der Waals surface area (Å²) in [5.41, 5.74) is 3.83. The van der Waals surface area contributed by atoms with Crippen LogP contribution in [0.2, 0.25) is 0 Å². The van der Waals surface area contributed by atoms with E-state index >= 15 is 0 Å². The van der Waals surface area contributed by atoms with Gasteiger partial charge in [0.1, 0.15) is 16.9 Å². The molecular formula is C27H18N2O3. The molecule has 0 unspecified atom stereocenters. The van der Waals surface area contributed by atoms with E-state index in [2.05, 4.69) is 35.3 Å². The quantitative estimate of drug-likeness (QED) is 0.352. The zero-order valence-electron chi connectivity index (χ0n) is 17.2. The van der Waals surface area contributed by atoms with Crippen LogP contribution in [0.25, 0.3) is 55.4 Å². The van der Waals surface area contributed by atoms with Crippen LogP contribution in [0, 0.1) is 0 Å². The van der Waals surface area contributed by atoms with E-state index in [1.54, 1.807) is 31.4 Å². The number of fused-ring (bicyclic) bond motifs is 4. The van der Waals surface area contributed by atoms with Gasteiger partial charge >= 0.3 is 0 Å². The SMILES string of the molecule is COc1cc(-c2ccc3oc4cc5ccccc5cc4c3c2)nc(-c2ccccc2O)n1. The summed E-state index contributed by atoms with van der Waals surface area (Å²) >= 11 is 0. The number of aromatic hydroxyl groups is 1. The standard InChI is InChI=1S/C27H18N2O3/c1-31-26-15-22(28-27(29-26)19-8-4-5-9-23(19)30)18-10-11-24-20(13-18)21-12-16-6-2-3-7-17(16)14-25(21)32-24/h2-15,30H,1H3. The molecule has 154 valence electrons. The molecule has 6 rings (SSSR count). The van der Waals surface area contributed by atoms with Gasteiger partial charge in [0, 0.05) is 22.4 Å². The van der Waals surface area contributed by atoms with Crippen molar-refractivity contribution in [3.8, 4) is 34.3 Å². The van der Waals surface area contributed by atoms with Gasteiger partial charge in [-0.2, -0.15) is 4.98 Å². The van der Waals surface area contributed by atoms with E-state index in [4.69, 9.17) is 14.1 Å². The molecule has 0 aliphatic rings. The smallest absolute Gasteiger partial charge is 0.217 e. The summed E-state index contributed by atoms with van der Waals surface area (Å²) in [6.45, 7) is 0. The highest BCUT2D eigenvalue weighted by Gasteiger charge is 2.14. The molecule has 0 aliphatic heterocycles. The molecular weight excluding hydrogens is 400 g/mol. The summed E-state index contributed by atoms with van der Waals surface area (Å²) < 4.78 is 11.5. The highest BCUT2D eigenvalue weighted by atomic mass is 16.5. The van der Waals surface area contributed by atoms with Gasteiger partial charge in [0.2, 0.25) is 5.88 Å². The summed E-state index contributed by atoms with van der Waals surface area (Å²) in [5, 5.41) is 14.7. The monoisotopic (exact) mass is 418 g/mol. The minimum absolute atomic E-state index is 0.120. The highest BCUT2D eigenvalue weighted by Crippen LogP contribution is 2.36. The van der Waals surface area contributed by atoms with Gasteiger partial charge in [-0.05, 0) is 53.2 Å². The lowest BCUT2D eigenvalue weighted by Crippen LogP contribution is -1.96.